The highest BCUT2D eigenvalue weighted by atomic mass is 35.5. The van der Waals surface area contributed by atoms with Crippen molar-refractivity contribution in [3.63, 3.8) is 0 Å². The Hall–Kier alpha value is -0.400. The molecule has 3 heteroatoms. The van der Waals surface area contributed by atoms with Crippen LogP contribution in [0.3, 0.4) is 0 Å². The Morgan fingerprint density at radius 3 is 2.87 bits per heavy atom. The maximum absolute atomic E-state index is 6.00. The molecule has 0 saturated carbocycles. The molecule has 1 unspecified atom stereocenters. The second-order valence-electron chi connectivity index (χ2n) is 3.98. The largest absolute Gasteiger partial charge is 0.365 e. The van der Waals surface area contributed by atoms with Crippen LogP contribution in [0.15, 0.2) is 18.2 Å². The van der Waals surface area contributed by atoms with Crippen molar-refractivity contribution in [2.45, 2.75) is 19.4 Å². The van der Waals surface area contributed by atoms with Crippen LogP contribution in [0.4, 0.5) is 5.69 Å². The molecule has 0 aromatic heterocycles. The van der Waals surface area contributed by atoms with Crippen molar-refractivity contribution in [2.75, 3.05) is 23.2 Å². The molecular weight excluding hydrogens is 229 g/mol. The van der Waals surface area contributed by atoms with Crippen LogP contribution in [-0.2, 0) is 6.42 Å². The minimum absolute atomic E-state index is 0.418. The summed E-state index contributed by atoms with van der Waals surface area (Å²) in [4.78, 5) is 2.35. The Morgan fingerprint density at radius 2 is 2.20 bits per heavy atom. The molecule has 82 valence electrons. The van der Waals surface area contributed by atoms with E-state index in [1.807, 2.05) is 0 Å². The summed E-state index contributed by atoms with van der Waals surface area (Å²) in [6.07, 6.45) is 1.05. The molecule has 0 spiro atoms. The monoisotopic (exact) mass is 243 g/mol. The SMILES string of the molecule is Cc1cccc2c1N(CCCl)C(CCl)C2. The highest BCUT2D eigenvalue weighted by molar-refractivity contribution is 6.19. The van der Waals surface area contributed by atoms with Crippen molar-refractivity contribution < 1.29 is 0 Å². The summed E-state index contributed by atoms with van der Waals surface area (Å²) >= 11 is 11.8. The van der Waals surface area contributed by atoms with Gasteiger partial charge in [-0.2, -0.15) is 0 Å². The van der Waals surface area contributed by atoms with Crippen molar-refractivity contribution in [1.29, 1.82) is 0 Å². The van der Waals surface area contributed by atoms with Crippen LogP contribution in [0, 0.1) is 6.92 Å². The first-order chi connectivity index (χ1) is 7.27. The van der Waals surface area contributed by atoms with Gasteiger partial charge in [-0.1, -0.05) is 18.2 Å². The van der Waals surface area contributed by atoms with Crippen LogP contribution in [0.25, 0.3) is 0 Å². The lowest BCUT2D eigenvalue weighted by Gasteiger charge is -2.26. The molecule has 1 atom stereocenters. The summed E-state index contributed by atoms with van der Waals surface area (Å²) in [6, 6.07) is 6.87. The number of hydrogen-bond acceptors (Lipinski definition) is 1. The van der Waals surface area contributed by atoms with Crippen LogP contribution in [-0.4, -0.2) is 24.3 Å². The molecule has 15 heavy (non-hydrogen) atoms. The molecule has 1 nitrogen and oxygen atoms in total. The third-order valence-electron chi connectivity index (χ3n) is 3.01. The van der Waals surface area contributed by atoms with E-state index in [1.54, 1.807) is 0 Å². The Kier molecular flexibility index (Phi) is 3.42. The maximum atomic E-state index is 6.00. The molecule has 0 N–H and O–H groups in total. The third-order valence-corrected chi connectivity index (χ3v) is 3.53. The van der Waals surface area contributed by atoms with Gasteiger partial charge >= 0.3 is 0 Å². The number of halogens is 2. The van der Waals surface area contributed by atoms with Gasteiger partial charge in [0, 0.05) is 30.0 Å². The van der Waals surface area contributed by atoms with Gasteiger partial charge < -0.3 is 4.90 Å². The molecule has 0 amide bonds. The number of para-hydroxylation sites is 1. The topological polar surface area (TPSA) is 3.24 Å². The molecule has 0 bridgehead atoms. The number of nitrogens with zero attached hydrogens (tertiary/aromatic N) is 1. The molecular formula is C12H15Cl2N. The fraction of sp³-hybridized carbons (Fsp3) is 0.500. The van der Waals surface area contributed by atoms with E-state index in [1.165, 1.54) is 16.8 Å². The predicted molar refractivity (Wildman–Crippen MR) is 67.5 cm³/mol. The van der Waals surface area contributed by atoms with Crippen molar-refractivity contribution in [2.24, 2.45) is 0 Å². The minimum atomic E-state index is 0.418. The average molecular weight is 244 g/mol. The van der Waals surface area contributed by atoms with E-state index < -0.39 is 0 Å². The van der Waals surface area contributed by atoms with Crippen LogP contribution < -0.4 is 4.90 Å². The van der Waals surface area contributed by atoms with Crippen molar-refractivity contribution in [3.05, 3.63) is 29.3 Å². The second-order valence-corrected chi connectivity index (χ2v) is 4.66. The molecule has 0 radical (unpaired) electrons. The molecule has 1 aromatic carbocycles. The number of rotatable bonds is 3. The van der Waals surface area contributed by atoms with E-state index in [-0.39, 0.29) is 0 Å². The number of fused-ring (bicyclic) bond motifs is 1. The van der Waals surface area contributed by atoms with Crippen LogP contribution in [0.2, 0.25) is 0 Å². The molecule has 0 saturated heterocycles. The molecule has 1 aromatic rings. The summed E-state index contributed by atoms with van der Waals surface area (Å²) < 4.78 is 0. The maximum Gasteiger partial charge on any atom is 0.0467 e. The quantitative estimate of drug-likeness (QED) is 0.738. The lowest BCUT2D eigenvalue weighted by molar-refractivity contribution is 0.697. The minimum Gasteiger partial charge on any atom is -0.365 e. The van der Waals surface area contributed by atoms with Gasteiger partial charge in [0.1, 0.15) is 0 Å². The first kappa shape index (κ1) is 11.1. The zero-order chi connectivity index (χ0) is 10.8. The lowest BCUT2D eigenvalue weighted by Crippen LogP contribution is -2.35. The van der Waals surface area contributed by atoms with Crippen molar-refractivity contribution in [1.82, 2.24) is 0 Å². The van der Waals surface area contributed by atoms with Gasteiger partial charge in [0.25, 0.3) is 0 Å². The summed E-state index contributed by atoms with van der Waals surface area (Å²) in [5.41, 5.74) is 4.08. The van der Waals surface area contributed by atoms with Gasteiger partial charge in [-0.05, 0) is 24.5 Å². The molecule has 2 rings (SSSR count). The van der Waals surface area contributed by atoms with E-state index in [9.17, 15) is 0 Å². The molecule has 1 aliphatic heterocycles. The number of hydrogen-bond donors (Lipinski definition) is 0. The van der Waals surface area contributed by atoms with Crippen LogP contribution in [0.1, 0.15) is 11.1 Å². The molecule has 1 heterocycles. The Balaban J connectivity index is 2.37. The van der Waals surface area contributed by atoms with E-state index in [0.29, 0.717) is 17.8 Å². The summed E-state index contributed by atoms with van der Waals surface area (Å²) in [6.45, 7) is 3.04. The predicted octanol–water partition coefficient (Wildman–Crippen LogP) is 3.20. The highest BCUT2D eigenvalue weighted by Crippen LogP contribution is 2.35. The zero-order valence-electron chi connectivity index (χ0n) is 8.84. The Bertz CT molecular complexity index is 351. The number of alkyl halides is 2. The van der Waals surface area contributed by atoms with Crippen molar-refractivity contribution >= 4 is 28.9 Å². The molecule has 0 aliphatic carbocycles. The lowest BCUT2D eigenvalue weighted by atomic mass is 10.1. The van der Waals surface area contributed by atoms with Crippen LogP contribution >= 0.6 is 23.2 Å². The van der Waals surface area contributed by atoms with Gasteiger partial charge in [-0.15, -0.1) is 23.2 Å². The third kappa shape index (κ3) is 1.95. The average Bonchev–Trinajstić information content (AvgIpc) is 2.58. The summed E-state index contributed by atoms with van der Waals surface area (Å²) in [5.74, 6) is 1.33. The summed E-state index contributed by atoms with van der Waals surface area (Å²) in [5, 5.41) is 0. The standard InChI is InChI=1S/C12H15Cl2N/c1-9-3-2-4-10-7-11(8-14)15(6-5-13)12(9)10/h2-4,11H,5-8H2,1H3. The zero-order valence-corrected chi connectivity index (χ0v) is 10.4. The first-order valence-electron chi connectivity index (χ1n) is 5.25. The van der Waals surface area contributed by atoms with E-state index >= 15 is 0 Å². The van der Waals surface area contributed by atoms with E-state index in [0.717, 1.165) is 13.0 Å². The fourth-order valence-electron chi connectivity index (χ4n) is 2.37. The highest BCUT2D eigenvalue weighted by Gasteiger charge is 2.28. The first-order valence-corrected chi connectivity index (χ1v) is 6.32. The van der Waals surface area contributed by atoms with Gasteiger partial charge in [0.15, 0.2) is 0 Å². The number of benzene rings is 1. The van der Waals surface area contributed by atoms with Gasteiger partial charge in [-0.3, -0.25) is 0 Å². The Labute approximate surface area is 101 Å². The smallest absolute Gasteiger partial charge is 0.0467 e. The van der Waals surface area contributed by atoms with Crippen molar-refractivity contribution in [3.8, 4) is 0 Å². The fourth-order valence-corrected chi connectivity index (χ4v) is 2.82. The van der Waals surface area contributed by atoms with Crippen LogP contribution in [0.5, 0.6) is 0 Å². The van der Waals surface area contributed by atoms with Gasteiger partial charge in [-0.25, -0.2) is 0 Å². The second kappa shape index (κ2) is 4.63. The van der Waals surface area contributed by atoms with E-state index in [2.05, 4.69) is 30.0 Å². The normalized spacial score (nSPS) is 19.4. The number of anilines is 1. The Morgan fingerprint density at radius 1 is 1.40 bits per heavy atom. The van der Waals surface area contributed by atoms with Gasteiger partial charge in [0.05, 0.1) is 0 Å². The molecule has 1 aliphatic rings. The van der Waals surface area contributed by atoms with E-state index in [4.69, 9.17) is 23.2 Å². The number of aryl methyl sites for hydroxylation is 1. The van der Waals surface area contributed by atoms with Gasteiger partial charge in [0.2, 0.25) is 0 Å². The molecule has 0 fully saturated rings. The summed E-state index contributed by atoms with van der Waals surface area (Å²) in [7, 11) is 0.